The highest BCUT2D eigenvalue weighted by Crippen LogP contribution is 2.31. The van der Waals surface area contributed by atoms with Crippen LogP contribution in [-0.2, 0) is 9.47 Å². The molecule has 1 amide bonds. The number of carboxylic acid groups (broad SMARTS) is 1. The summed E-state index contributed by atoms with van der Waals surface area (Å²) >= 11 is 0. The summed E-state index contributed by atoms with van der Waals surface area (Å²) in [6, 6.07) is 10.6. The van der Waals surface area contributed by atoms with Crippen molar-refractivity contribution < 1.29 is 23.8 Å². The summed E-state index contributed by atoms with van der Waals surface area (Å²) in [5.74, 6) is 1.08. The van der Waals surface area contributed by atoms with Gasteiger partial charge in [-0.3, -0.25) is 4.98 Å². The van der Waals surface area contributed by atoms with E-state index < -0.39 is 22.2 Å². The van der Waals surface area contributed by atoms with Crippen LogP contribution in [-0.4, -0.2) is 97.6 Å². The van der Waals surface area contributed by atoms with Crippen molar-refractivity contribution in [2.75, 3.05) is 50.0 Å². The van der Waals surface area contributed by atoms with Crippen molar-refractivity contribution >= 4 is 50.4 Å². The van der Waals surface area contributed by atoms with Crippen molar-refractivity contribution in [3.8, 4) is 11.1 Å². The second-order valence-corrected chi connectivity index (χ2v) is 26.0. The van der Waals surface area contributed by atoms with Gasteiger partial charge in [-0.1, -0.05) is 39.3 Å². The number of rotatable bonds is 14. The minimum atomic E-state index is -1.29. The molecule has 11 nitrogen and oxygen atoms in total. The Labute approximate surface area is 278 Å². The fraction of sp³-hybridized carbons (Fsp3) is 0.515. The van der Waals surface area contributed by atoms with Gasteiger partial charge in [0, 0.05) is 77.3 Å². The van der Waals surface area contributed by atoms with Crippen LogP contribution in [0.4, 0.5) is 20.8 Å². The fourth-order valence-electron chi connectivity index (χ4n) is 5.40. The number of nitrogens with zero attached hydrogens (tertiary/aromatic N) is 6. The van der Waals surface area contributed by atoms with Gasteiger partial charge in [0.25, 0.3) is 0 Å². The summed E-state index contributed by atoms with van der Waals surface area (Å²) in [6.45, 7) is 16.9. The number of pyridine rings is 1. The van der Waals surface area contributed by atoms with Gasteiger partial charge < -0.3 is 29.7 Å². The van der Waals surface area contributed by atoms with Crippen LogP contribution >= 0.6 is 0 Å². The van der Waals surface area contributed by atoms with E-state index in [2.05, 4.69) is 49.6 Å². The average molecular weight is 682 g/mol. The highest BCUT2D eigenvalue weighted by Gasteiger charge is 2.25. The molecule has 1 aliphatic rings. The Morgan fingerprint density at radius 1 is 1.00 bits per heavy atom. The monoisotopic (exact) mass is 681 g/mol. The molecular formula is C33H48FN7O4Si2. The zero-order chi connectivity index (χ0) is 33.8. The van der Waals surface area contributed by atoms with Crippen molar-refractivity contribution in [3.63, 3.8) is 0 Å². The molecular weight excluding hydrogens is 634 g/mol. The molecule has 0 bridgehead atoms. The number of anilines is 2. The molecule has 4 aromatic rings. The number of hydrogen-bond donors (Lipinski definition) is 2. The smallest absolute Gasteiger partial charge is 0.407 e. The number of likely N-dealkylation sites (tertiary alicyclic amines) is 1. The van der Waals surface area contributed by atoms with E-state index in [0.717, 1.165) is 29.0 Å². The van der Waals surface area contributed by atoms with Crippen LogP contribution in [0.25, 0.3) is 27.7 Å². The largest absolute Gasteiger partial charge is 0.465 e. The Hall–Kier alpha value is -3.60. The number of benzene rings is 1. The number of carbonyl (C=O) groups is 1. The Bertz CT molecular complexity index is 1660. The summed E-state index contributed by atoms with van der Waals surface area (Å²) < 4.78 is 28.4. The molecule has 0 unspecified atom stereocenters. The van der Waals surface area contributed by atoms with Crippen molar-refractivity contribution in [2.24, 2.45) is 0 Å². The van der Waals surface area contributed by atoms with E-state index in [1.165, 1.54) is 17.0 Å². The molecule has 1 aliphatic heterocycles. The highest BCUT2D eigenvalue weighted by molar-refractivity contribution is 6.76. The Balaban J connectivity index is 1.51. The third-order valence-corrected chi connectivity index (χ3v) is 11.7. The van der Waals surface area contributed by atoms with Gasteiger partial charge in [0.2, 0.25) is 0 Å². The molecule has 1 saturated heterocycles. The Morgan fingerprint density at radius 2 is 1.66 bits per heavy atom. The van der Waals surface area contributed by atoms with Crippen molar-refractivity contribution in [1.29, 1.82) is 0 Å². The summed E-state index contributed by atoms with van der Waals surface area (Å²) in [4.78, 5) is 24.6. The molecule has 254 valence electrons. The number of amides is 1. The molecule has 0 saturated carbocycles. The fourth-order valence-corrected chi connectivity index (χ4v) is 6.91. The minimum Gasteiger partial charge on any atom is -0.465 e. The highest BCUT2D eigenvalue weighted by atomic mass is 28.3. The van der Waals surface area contributed by atoms with E-state index in [4.69, 9.17) is 19.6 Å². The van der Waals surface area contributed by atoms with E-state index >= 15 is 0 Å². The first-order valence-corrected chi connectivity index (χ1v) is 23.8. The van der Waals surface area contributed by atoms with E-state index in [-0.39, 0.29) is 11.9 Å². The summed E-state index contributed by atoms with van der Waals surface area (Å²) in [7, 11) is -2.57. The average Bonchev–Trinajstić information content (AvgIpc) is 3.43. The van der Waals surface area contributed by atoms with E-state index in [1.807, 2.05) is 17.0 Å². The van der Waals surface area contributed by atoms with Gasteiger partial charge in [0.1, 0.15) is 30.9 Å². The van der Waals surface area contributed by atoms with Gasteiger partial charge in [0.05, 0.1) is 11.7 Å². The number of fused-ring (bicyclic) bond motifs is 2. The lowest BCUT2D eigenvalue weighted by Gasteiger charge is -2.31. The second kappa shape index (κ2) is 14.7. The maximum atomic E-state index is 14.1. The molecule has 3 aromatic heterocycles. The van der Waals surface area contributed by atoms with Gasteiger partial charge in [-0.15, -0.1) is 0 Å². The lowest BCUT2D eigenvalue weighted by atomic mass is 10.1. The third kappa shape index (κ3) is 9.49. The molecule has 1 fully saturated rings. The molecule has 1 aromatic carbocycles. The second-order valence-electron chi connectivity index (χ2n) is 14.8. The molecule has 0 radical (unpaired) electrons. The van der Waals surface area contributed by atoms with Gasteiger partial charge in [-0.05, 0) is 49.2 Å². The minimum absolute atomic E-state index is 0.0551. The first-order valence-electron chi connectivity index (χ1n) is 16.4. The lowest BCUT2D eigenvalue weighted by molar-refractivity contribution is 0.0943. The number of hydrogen-bond acceptors (Lipinski definition) is 8. The molecule has 0 aliphatic carbocycles. The zero-order valence-corrected chi connectivity index (χ0v) is 30.4. The van der Waals surface area contributed by atoms with E-state index in [9.17, 15) is 14.3 Å². The third-order valence-electron chi connectivity index (χ3n) is 8.34. The maximum Gasteiger partial charge on any atom is 0.407 e. The van der Waals surface area contributed by atoms with Gasteiger partial charge >= 0.3 is 6.09 Å². The number of ether oxygens (including phenoxy) is 2. The molecule has 5 rings (SSSR count). The predicted octanol–water partition coefficient (Wildman–Crippen LogP) is 7.07. The van der Waals surface area contributed by atoms with Crippen LogP contribution in [0.3, 0.4) is 0 Å². The molecule has 47 heavy (non-hydrogen) atoms. The van der Waals surface area contributed by atoms with Crippen LogP contribution in [0.15, 0.2) is 42.7 Å². The predicted molar refractivity (Wildman–Crippen MR) is 190 cm³/mol. The van der Waals surface area contributed by atoms with Crippen LogP contribution in [0.5, 0.6) is 0 Å². The van der Waals surface area contributed by atoms with E-state index in [0.29, 0.717) is 75.0 Å². The number of aromatic nitrogens is 4. The zero-order valence-electron chi connectivity index (χ0n) is 28.4. The van der Waals surface area contributed by atoms with Gasteiger partial charge in [-0.25, -0.2) is 14.2 Å². The normalized spacial score (nSPS) is 14.7. The molecule has 2 N–H and O–H groups in total. The van der Waals surface area contributed by atoms with E-state index in [1.54, 1.807) is 23.0 Å². The lowest BCUT2D eigenvalue weighted by Crippen LogP contribution is -2.41. The Morgan fingerprint density at radius 3 is 2.28 bits per heavy atom. The maximum absolute atomic E-state index is 14.1. The number of halogens is 1. The summed E-state index contributed by atoms with van der Waals surface area (Å²) in [6.07, 6.45) is 3.97. The van der Waals surface area contributed by atoms with Gasteiger partial charge in [0.15, 0.2) is 5.65 Å². The quantitative estimate of drug-likeness (QED) is 0.0819. The molecule has 14 heteroatoms. The van der Waals surface area contributed by atoms with Gasteiger partial charge in [-0.2, -0.15) is 9.61 Å². The number of piperidine rings is 1. The standard InChI is InChI=1S/C33H48FN7O4Si2/c1-46(2,3)15-13-44-22-40(23-45-14-16-47(4,5)6)31-19-30(37-27-9-11-39(12-10-27)33(42)43)38-32-28(21-36-41(31)32)25-17-24-18-26(34)7-8-29(24)35-20-25/h7-8,17-21,27H,9-16,22-23H2,1-6H3,(H,37,38)(H,42,43). The topological polar surface area (TPSA) is 117 Å². The van der Waals surface area contributed by atoms with Crippen LogP contribution in [0.1, 0.15) is 12.8 Å². The SMILES string of the molecule is C[Si](C)(C)CCOCN(COCC[Si](C)(C)C)c1cc(NC2CCN(C(=O)O)CC2)nc2c(-c3cnc4ccc(F)cc4c3)cnn12. The van der Waals surface area contributed by atoms with Crippen LogP contribution < -0.4 is 10.2 Å². The summed E-state index contributed by atoms with van der Waals surface area (Å²) in [5.41, 5.74) is 2.84. The van der Waals surface area contributed by atoms with Crippen molar-refractivity contribution in [3.05, 3.63) is 48.5 Å². The van der Waals surface area contributed by atoms with Crippen molar-refractivity contribution in [1.82, 2.24) is 24.5 Å². The molecule has 0 spiro atoms. The van der Waals surface area contributed by atoms with Crippen LogP contribution in [0.2, 0.25) is 51.4 Å². The Kier molecular flexibility index (Phi) is 10.8. The molecule has 4 heterocycles. The summed E-state index contributed by atoms with van der Waals surface area (Å²) in [5, 5.41) is 18.5. The molecule has 0 atom stereocenters. The van der Waals surface area contributed by atoms with Crippen LogP contribution in [0, 0.1) is 5.82 Å². The van der Waals surface area contributed by atoms with Crippen molar-refractivity contribution in [2.45, 2.75) is 70.3 Å². The number of nitrogens with one attached hydrogen (secondary N) is 1. The first-order chi connectivity index (χ1) is 22.3. The first kappa shape index (κ1) is 34.7.